The predicted molar refractivity (Wildman–Crippen MR) is 91.6 cm³/mol. The molecule has 0 radical (unpaired) electrons. The number of pyridine rings is 1. The van der Waals surface area contributed by atoms with Crippen LogP contribution in [0.5, 0.6) is 0 Å². The van der Waals surface area contributed by atoms with Crippen LogP contribution in [0.25, 0.3) is 17.1 Å². The van der Waals surface area contributed by atoms with E-state index in [9.17, 15) is 22.4 Å². The molecule has 3 aromatic heterocycles. The molecule has 0 amide bonds. The highest BCUT2D eigenvalue weighted by Crippen LogP contribution is 2.29. The van der Waals surface area contributed by atoms with E-state index in [4.69, 9.17) is 0 Å². The highest BCUT2D eigenvalue weighted by atomic mass is 19.4. The van der Waals surface area contributed by atoms with Gasteiger partial charge in [0.1, 0.15) is 5.82 Å². The van der Waals surface area contributed by atoms with Gasteiger partial charge in [-0.05, 0) is 30.3 Å². The molecule has 3 heterocycles. The second kappa shape index (κ2) is 7.00. The lowest BCUT2D eigenvalue weighted by molar-refractivity contribution is -0.159. The van der Waals surface area contributed by atoms with Gasteiger partial charge in [0.2, 0.25) is 5.82 Å². The number of hydrogen-bond donors (Lipinski definition) is 0. The Morgan fingerprint density at radius 3 is 2.62 bits per heavy atom. The van der Waals surface area contributed by atoms with Crippen molar-refractivity contribution in [2.24, 2.45) is 0 Å². The van der Waals surface area contributed by atoms with Gasteiger partial charge >= 0.3 is 12.1 Å². The molecule has 1 aromatic carbocycles. The van der Waals surface area contributed by atoms with Crippen LogP contribution in [0.3, 0.4) is 0 Å². The molecule has 0 aliphatic carbocycles. The first-order chi connectivity index (χ1) is 13.8. The largest absolute Gasteiger partial charge is 0.471 e. The standard InChI is InChI=1S/C18H11F4N5O2/c19-12-2-1-3-13(9-12)27-14(4-6-23-27)10-26-7-5-11(8-15(26)28)16-24-17(29-25-16)18(20,21)22/h1-9H,10H2. The van der Waals surface area contributed by atoms with Crippen LogP contribution in [0.4, 0.5) is 17.6 Å². The molecule has 0 fully saturated rings. The van der Waals surface area contributed by atoms with E-state index in [1.807, 2.05) is 0 Å². The third-order valence-corrected chi connectivity index (χ3v) is 4.03. The summed E-state index contributed by atoms with van der Waals surface area (Å²) in [6.45, 7) is 0.107. The molecule has 0 atom stereocenters. The van der Waals surface area contributed by atoms with E-state index in [1.165, 1.54) is 45.9 Å². The lowest BCUT2D eigenvalue weighted by Crippen LogP contribution is -2.20. The summed E-state index contributed by atoms with van der Waals surface area (Å²) >= 11 is 0. The van der Waals surface area contributed by atoms with Crippen LogP contribution >= 0.6 is 0 Å². The molecule has 7 nitrogen and oxygen atoms in total. The summed E-state index contributed by atoms with van der Waals surface area (Å²) in [5.41, 5.74) is 0.683. The second-order valence-electron chi connectivity index (χ2n) is 6.02. The van der Waals surface area contributed by atoms with Gasteiger partial charge in [-0.25, -0.2) is 9.07 Å². The monoisotopic (exact) mass is 405 g/mol. The molecule has 0 aliphatic heterocycles. The van der Waals surface area contributed by atoms with Crippen LogP contribution in [-0.2, 0) is 12.7 Å². The van der Waals surface area contributed by atoms with E-state index in [2.05, 4.69) is 19.8 Å². The van der Waals surface area contributed by atoms with Crippen molar-refractivity contribution in [2.45, 2.75) is 12.7 Å². The molecule has 0 N–H and O–H groups in total. The molecule has 4 rings (SSSR count). The first-order valence-corrected chi connectivity index (χ1v) is 8.22. The fraction of sp³-hybridized carbons (Fsp3) is 0.111. The van der Waals surface area contributed by atoms with Crippen molar-refractivity contribution < 1.29 is 22.1 Å². The van der Waals surface area contributed by atoms with Crippen molar-refractivity contribution in [3.8, 4) is 17.1 Å². The maximum absolute atomic E-state index is 13.5. The normalized spacial score (nSPS) is 11.7. The average molecular weight is 405 g/mol. The average Bonchev–Trinajstić information content (AvgIpc) is 3.32. The minimum atomic E-state index is -4.77. The van der Waals surface area contributed by atoms with Gasteiger partial charge in [0.05, 0.1) is 17.9 Å². The number of benzene rings is 1. The third-order valence-electron chi connectivity index (χ3n) is 4.03. The third kappa shape index (κ3) is 3.79. The van der Waals surface area contributed by atoms with Gasteiger partial charge in [0.25, 0.3) is 5.56 Å². The minimum absolute atomic E-state index is 0.0872. The molecule has 0 saturated carbocycles. The Kier molecular flexibility index (Phi) is 4.49. The fourth-order valence-electron chi connectivity index (χ4n) is 2.70. The Balaban J connectivity index is 1.61. The lowest BCUT2D eigenvalue weighted by atomic mass is 10.2. The van der Waals surface area contributed by atoms with Crippen LogP contribution in [0, 0.1) is 5.82 Å². The molecular weight excluding hydrogens is 394 g/mol. The minimum Gasteiger partial charge on any atom is -0.329 e. The molecule has 0 saturated heterocycles. The summed E-state index contributed by atoms with van der Waals surface area (Å²) in [5, 5.41) is 7.40. The molecule has 0 aliphatic rings. The Morgan fingerprint density at radius 2 is 1.93 bits per heavy atom. The SMILES string of the molecule is O=c1cc(-c2noc(C(F)(F)F)n2)ccn1Cc1ccnn1-c1cccc(F)c1. The smallest absolute Gasteiger partial charge is 0.329 e. The van der Waals surface area contributed by atoms with Crippen molar-refractivity contribution in [1.82, 2.24) is 24.5 Å². The number of halogens is 4. The zero-order valence-corrected chi connectivity index (χ0v) is 14.5. The van der Waals surface area contributed by atoms with E-state index in [-0.39, 0.29) is 17.9 Å². The van der Waals surface area contributed by atoms with Gasteiger partial charge < -0.3 is 9.09 Å². The molecule has 0 unspecified atom stereocenters. The number of alkyl halides is 3. The Labute approximate surface area is 159 Å². The molecule has 4 aromatic rings. The fourth-order valence-corrected chi connectivity index (χ4v) is 2.70. The Hall–Kier alpha value is -3.76. The first-order valence-electron chi connectivity index (χ1n) is 8.22. The topological polar surface area (TPSA) is 78.7 Å². The van der Waals surface area contributed by atoms with E-state index >= 15 is 0 Å². The highest BCUT2D eigenvalue weighted by Gasteiger charge is 2.38. The summed E-state index contributed by atoms with van der Waals surface area (Å²) in [6, 6.07) is 9.98. The zero-order chi connectivity index (χ0) is 20.6. The summed E-state index contributed by atoms with van der Waals surface area (Å²) in [7, 11) is 0. The summed E-state index contributed by atoms with van der Waals surface area (Å²) in [4.78, 5) is 15.7. The molecule has 0 bridgehead atoms. The van der Waals surface area contributed by atoms with Crippen LogP contribution in [0.2, 0.25) is 0 Å². The lowest BCUT2D eigenvalue weighted by Gasteiger charge is -2.10. The van der Waals surface area contributed by atoms with Crippen LogP contribution in [0.1, 0.15) is 11.6 Å². The van der Waals surface area contributed by atoms with Gasteiger partial charge in [0.15, 0.2) is 0 Å². The predicted octanol–water partition coefficient (Wildman–Crippen LogP) is 3.29. The number of nitrogens with zero attached hydrogens (tertiary/aromatic N) is 5. The van der Waals surface area contributed by atoms with Crippen molar-refractivity contribution >= 4 is 0 Å². The maximum atomic E-state index is 13.5. The number of rotatable bonds is 4. The zero-order valence-electron chi connectivity index (χ0n) is 14.5. The Morgan fingerprint density at radius 1 is 1.10 bits per heavy atom. The van der Waals surface area contributed by atoms with E-state index in [0.717, 1.165) is 6.07 Å². The van der Waals surface area contributed by atoms with E-state index in [0.29, 0.717) is 11.4 Å². The highest BCUT2D eigenvalue weighted by molar-refractivity contribution is 5.52. The van der Waals surface area contributed by atoms with Gasteiger partial charge in [0, 0.05) is 24.0 Å². The van der Waals surface area contributed by atoms with Gasteiger partial charge in [-0.2, -0.15) is 23.3 Å². The summed E-state index contributed by atoms with van der Waals surface area (Å²) in [6.07, 6.45) is -1.86. The van der Waals surface area contributed by atoms with Crippen molar-refractivity contribution in [2.75, 3.05) is 0 Å². The van der Waals surface area contributed by atoms with Crippen LogP contribution in [-0.4, -0.2) is 24.5 Å². The molecule has 0 spiro atoms. The summed E-state index contributed by atoms with van der Waals surface area (Å²) in [5.74, 6) is -2.26. The van der Waals surface area contributed by atoms with Crippen LogP contribution < -0.4 is 5.56 Å². The van der Waals surface area contributed by atoms with Gasteiger partial charge in [-0.15, -0.1) is 0 Å². The molecular formula is C18H11F4N5O2. The van der Waals surface area contributed by atoms with Gasteiger partial charge in [-0.1, -0.05) is 11.2 Å². The summed E-state index contributed by atoms with van der Waals surface area (Å²) < 4.78 is 58.2. The van der Waals surface area contributed by atoms with Crippen LogP contribution in [0.15, 0.2) is 64.2 Å². The van der Waals surface area contributed by atoms with Gasteiger partial charge in [-0.3, -0.25) is 4.79 Å². The number of aromatic nitrogens is 5. The van der Waals surface area contributed by atoms with Crippen molar-refractivity contribution in [3.63, 3.8) is 0 Å². The number of hydrogen-bond acceptors (Lipinski definition) is 5. The van der Waals surface area contributed by atoms with Crippen molar-refractivity contribution in [1.29, 1.82) is 0 Å². The van der Waals surface area contributed by atoms with E-state index in [1.54, 1.807) is 12.1 Å². The second-order valence-corrected chi connectivity index (χ2v) is 6.02. The first kappa shape index (κ1) is 18.6. The quantitative estimate of drug-likeness (QED) is 0.487. The Bertz CT molecular complexity index is 1230. The molecule has 29 heavy (non-hydrogen) atoms. The molecule has 148 valence electrons. The van der Waals surface area contributed by atoms with Crippen molar-refractivity contribution in [3.05, 3.63) is 82.6 Å². The van der Waals surface area contributed by atoms with E-state index < -0.39 is 23.4 Å². The molecule has 11 heteroatoms. The maximum Gasteiger partial charge on any atom is 0.471 e.